The van der Waals surface area contributed by atoms with Crippen LogP contribution in [0.4, 0.5) is 5.69 Å². The maximum atomic E-state index is 12.8. The lowest BCUT2D eigenvalue weighted by Gasteiger charge is -2.24. The van der Waals surface area contributed by atoms with Crippen LogP contribution >= 0.6 is 11.8 Å². The van der Waals surface area contributed by atoms with Crippen molar-refractivity contribution in [3.63, 3.8) is 0 Å². The normalized spacial score (nSPS) is 15.6. The summed E-state index contributed by atoms with van der Waals surface area (Å²) in [5.41, 5.74) is 1.25. The molecule has 1 aliphatic rings. The summed E-state index contributed by atoms with van der Waals surface area (Å²) in [6, 6.07) is 8.39. The number of benzene rings is 1. The van der Waals surface area contributed by atoms with Crippen LogP contribution in [0, 0.1) is 0 Å². The molecule has 4 rings (SSSR count). The summed E-state index contributed by atoms with van der Waals surface area (Å²) in [5, 5.41) is 6.78. The standard InChI is InChI=1S/C21H25N5O4S2/c1-21(2,3)20-24-18(25-30-20)14-4-6-15(7-5-14)23-19(27)17-12-16(13-22-17)32(28,29)26-8-10-31-11-9-26/h4-7,12-13,22H,8-11H2,1-3H3,(H,23,27). The molecule has 2 aromatic heterocycles. The zero-order valence-corrected chi connectivity index (χ0v) is 19.7. The van der Waals surface area contributed by atoms with E-state index in [1.165, 1.54) is 16.6 Å². The van der Waals surface area contributed by atoms with Crippen molar-refractivity contribution in [1.82, 2.24) is 19.4 Å². The molecule has 3 aromatic rings. The predicted molar refractivity (Wildman–Crippen MR) is 123 cm³/mol. The van der Waals surface area contributed by atoms with Crippen LogP contribution in [0.2, 0.25) is 0 Å². The van der Waals surface area contributed by atoms with Crippen LogP contribution in [-0.2, 0) is 15.4 Å². The van der Waals surface area contributed by atoms with E-state index >= 15 is 0 Å². The van der Waals surface area contributed by atoms with Crippen molar-refractivity contribution < 1.29 is 17.7 Å². The molecule has 0 aliphatic carbocycles. The third-order valence-electron chi connectivity index (χ3n) is 4.98. The van der Waals surface area contributed by atoms with Gasteiger partial charge in [-0.2, -0.15) is 21.1 Å². The summed E-state index contributed by atoms with van der Waals surface area (Å²) < 4.78 is 32.3. The second kappa shape index (κ2) is 8.72. The Labute approximate surface area is 191 Å². The van der Waals surface area contributed by atoms with Gasteiger partial charge in [-0.25, -0.2) is 8.42 Å². The topological polar surface area (TPSA) is 121 Å². The Balaban J connectivity index is 1.44. The highest BCUT2D eigenvalue weighted by atomic mass is 32.2. The average Bonchev–Trinajstić information content (AvgIpc) is 3.45. The quantitative estimate of drug-likeness (QED) is 0.580. The fraction of sp³-hybridized carbons (Fsp3) is 0.381. The first-order valence-corrected chi connectivity index (χ1v) is 12.8. The average molecular weight is 476 g/mol. The highest BCUT2D eigenvalue weighted by Gasteiger charge is 2.28. The number of rotatable bonds is 5. The maximum absolute atomic E-state index is 12.8. The Morgan fingerprint density at radius 2 is 1.88 bits per heavy atom. The molecule has 2 N–H and O–H groups in total. The van der Waals surface area contributed by atoms with Crippen molar-refractivity contribution in [3.8, 4) is 11.4 Å². The number of carbonyl (C=O) groups is 1. The molecule has 9 nitrogen and oxygen atoms in total. The summed E-state index contributed by atoms with van der Waals surface area (Å²) in [6.07, 6.45) is 1.36. The fourth-order valence-corrected chi connectivity index (χ4v) is 5.71. The SMILES string of the molecule is CC(C)(C)c1nc(-c2ccc(NC(=O)c3cc(S(=O)(=O)N4CCSCC4)c[nH]3)cc2)no1. The second-order valence-electron chi connectivity index (χ2n) is 8.47. The molecule has 1 amide bonds. The molecule has 0 unspecified atom stereocenters. The minimum absolute atomic E-state index is 0.0941. The molecule has 1 aliphatic heterocycles. The Morgan fingerprint density at radius 1 is 1.19 bits per heavy atom. The van der Waals surface area contributed by atoms with Gasteiger partial charge in [0.2, 0.25) is 21.7 Å². The molecule has 0 bridgehead atoms. The lowest BCUT2D eigenvalue weighted by molar-refractivity contribution is 0.102. The molecule has 0 atom stereocenters. The smallest absolute Gasteiger partial charge is 0.272 e. The van der Waals surface area contributed by atoms with Crippen LogP contribution in [-0.4, -0.2) is 58.4 Å². The number of nitrogens with one attached hydrogen (secondary N) is 2. The van der Waals surface area contributed by atoms with Crippen LogP contribution in [0.25, 0.3) is 11.4 Å². The van der Waals surface area contributed by atoms with Gasteiger partial charge in [0.25, 0.3) is 5.91 Å². The molecular weight excluding hydrogens is 450 g/mol. The Hall–Kier alpha value is -2.63. The summed E-state index contributed by atoms with van der Waals surface area (Å²) in [4.78, 5) is 19.9. The monoisotopic (exact) mass is 475 g/mol. The molecule has 1 aromatic carbocycles. The molecule has 0 spiro atoms. The first kappa shape index (κ1) is 22.6. The van der Waals surface area contributed by atoms with E-state index in [1.54, 1.807) is 36.0 Å². The van der Waals surface area contributed by atoms with Crippen molar-refractivity contribution in [1.29, 1.82) is 0 Å². The molecule has 1 fully saturated rings. The molecule has 3 heterocycles. The number of sulfonamides is 1. The molecule has 1 saturated heterocycles. The number of hydrogen-bond donors (Lipinski definition) is 2. The van der Waals surface area contributed by atoms with Gasteiger partial charge in [-0.3, -0.25) is 4.79 Å². The van der Waals surface area contributed by atoms with E-state index in [2.05, 4.69) is 20.4 Å². The van der Waals surface area contributed by atoms with Gasteiger partial charge in [0.05, 0.1) is 0 Å². The first-order chi connectivity index (χ1) is 15.1. The van der Waals surface area contributed by atoms with E-state index in [1.807, 2.05) is 20.8 Å². The number of aromatic amines is 1. The Bertz CT molecular complexity index is 1200. The van der Waals surface area contributed by atoms with Gasteiger partial charge in [0.15, 0.2) is 0 Å². The summed E-state index contributed by atoms with van der Waals surface area (Å²) in [6.45, 7) is 6.93. The van der Waals surface area contributed by atoms with Gasteiger partial charge >= 0.3 is 0 Å². The van der Waals surface area contributed by atoms with Gasteiger partial charge in [0, 0.05) is 47.5 Å². The van der Waals surface area contributed by atoms with E-state index in [0.29, 0.717) is 30.5 Å². The van der Waals surface area contributed by atoms with Crippen molar-refractivity contribution in [2.24, 2.45) is 0 Å². The lowest BCUT2D eigenvalue weighted by atomic mass is 9.97. The number of nitrogens with zero attached hydrogens (tertiary/aromatic N) is 3. The molecule has 0 saturated carbocycles. The van der Waals surface area contributed by atoms with E-state index in [9.17, 15) is 13.2 Å². The molecular formula is C21H25N5O4S2. The largest absolute Gasteiger partial charge is 0.356 e. The van der Waals surface area contributed by atoms with E-state index < -0.39 is 15.9 Å². The highest BCUT2D eigenvalue weighted by Crippen LogP contribution is 2.25. The number of aromatic nitrogens is 3. The Morgan fingerprint density at radius 3 is 2.50 bits per heavy atom. The maximum Gasteiger partial charge on any atom is 0.272 e. The molecule has 0 radical (unpaired) electrons. The summed E-state index contributed by atoms with van der Waals surface area (Å²) >= 11 is 1.73. The zero-order chi connectivity index (χ0) is 22.9. The van der Waals surface area contributed by atoms with Crippen molar-refractivity contribution >= 4 is 33.4 Å². The number of carbonyl (C=O) groups excluding carboxylic acids is 1. The van der Waals surface area contributed by atoms with Gasteiger partial charge < -0.3 is 14.8 Å². The highest BCUT2D eigenvalue weighted by molar-refractivity contribution is 7.99. The van der Waals surface area contributed by atoms with Crippen LogP contribution in [0.15, 0.2) is 45.9 Å². The number of H-pyrrole nitrogens is 1. The lowest BCUT2D eigenvalue weighted by Crippen LogP contribution is -2.37. The minimum Gasteiger partial charge on any atom is -0.356 e. The summed E-state index contributed by atoms with van der Waals surface area (Å²) in [5.74, 6) is 2.14. The van der Waals surface area contributed by atoms with Crippen LogP contribution in [0.1, 0.15) is 37.2 Å². The number of amides is 1. The van der Waals surface area contributed by atoms with Gasteiger partial charge in [-0.15, -0.1) is 0 Å². The van der Waals surface area contributed by atoms with Crippen LogP contribution in [0.5, 0.6) is 0 Å². The van der Waals surface area contributed by atoms with Crippen LogP contribution in [0.3, 0.4) is 0 Å². The third-order valence-corrected chi connectivity index (χ3v) is 7.80. The van der Waals surface area contributed by atoms with E-state index in [4.69, 9.17) is 4.52 Å². The van der Waals surface area contributed by atoms with E-state index in [-0.39, 0.29) is 16.0 Å². The molecule has 170 valence electrons. The third kappa shape index (κ3) is 4.74. The molecule has 11 heteroatoms. The van der Waals surface area contributed by atoms with Gasteiger partial charge in [0.1, 0.15) is 10.6 Å². The van der Waals surface area contributed by atoms with Gasteiger partial charge in [-0.1, -0.05) is 25.9 Å². The fourth-order valence-electron chi connectivity index (χ4n) is 3.14. The minimum atomic E-state index is -3.61. The van der Waals surface area contributed by atoms with Gasteiger partial charge in [-0.05, 0) is 30.3 Å². The van der Waals surface area contributed by atoms with Crippen molar-refractivity contribution in [3.05, 3.63) is 48.1 Å². The number of hydrogen-bond acceptors (Lipinski definition) is 7. The Kier molecular flexibility index (Phi) is 6.15. The van der Waals surface area contributed by atoms with Crippen molar-refractivity contribution in [2.75, 3.05) is 29.9 Å². The van der Waals surface area contributed by atoms with E-state index in [0.717, 1.165) is 17.1 Å². The number of anilines is 1. The molecule has 32 heavy (non-hydrogen) atoms. The van der Waals surface area contributed by atoms with Crippen LogP contribution < -0.4 is 5.32 Å². The second-order valence-corrected chi connectivity index (χ2v) is 11.6. The number of thioether (sulfide) groups is 1. The first-order valence-electron chi connectivity index (χ1n) is 10.2. The van der Waals surface area contributed by atoms with Crippen molar-refractivity contribution in [2.45, 2.75) is 31.1 Å². The summed E-state index contributed by atoms with van der Waals surface area (Å²) in [7, 11) is -3.61. The predicted octanol–water partition coefficient (Wildman–Crippen LogP) is 3.35. The zero-order valence-electron chi connectivity index (χ0n) is 18.1.